The molecule has 8 nitrogen and oxygen atoms in total. The number of aliphatic carboxylic acids is 1. The predicted molar refractivity (Wildman–Crippen MR) is 118 cm³/mol. The highest BCUT2D eigenvalue weighted by Crippen LogP contribution is 2.26. The average molecular weight is 435 g/mol. The van der Waals surface area contributed by atoms with E-state index in [4.69, 9.17) is 0 Å². The van der Waals surface area contributed by atoms with Crippen molar-refractivity contribution >= 4 is 29.4 Å². The summed E-state index contributed by atoms with van der Waals surface area (Å²) < 4.78 is 0. The number of anilines is 1. The summed E-state index contributed by atoms with van der Waals surface area (Å²) in [6.45, 7) is 4.49. The van der Waals surface area contributed by atoms with Gasteiger partial charge in [0.25, 0.3) is 11.8 Å². The number of carboxylic acids is 1. The van der Waals surface area contributed by atoms with Crippen LogP contribution >= 0.6 is 0 Å². The molecule has 0 saturated carbocycles. The Morgan fingerprint density at radius 3 is 2.00 bits per heavy atom. The summed E-state index contributed by atoms with van der Waals surface area (Å²) in [6, 6.07) is 13.1. The summed E-state index contributed by atoms with van der Waals surface area (Å²) in [7, 11) is 0. The number of rotatable bonds is 6. The van der Waals surface area contributed by atoms with Crippen LogP contribution in [0.4, 0.5) is 5.69 Å². The molecule has 0 aliphatic carbocycles. The number of hydrogen-bond acceptors (Lipinski definition) is 5. The lowest BCUT2D eigenvalue weighted by molar-refractivity contribution is -0.142. The van der Waals surface area contributed by atoms with Crippen LogP contribution in [0.15, 0.2) is 48.5 Å². The number of carbonyl (C=O) groups is 4. The van der Waals surface area contributed by atoms with Gasteiger partial charge in [-0.3, -0.25) is 19.3 Å². The standard InChI is InChI=1S/C24H25N3O5/c1-16-6-8-17(9-7-16)25-12-14-26(15-13-25)21(28)11-10-20(24(31)32)27-22(29)18-4-2-3-5-19(18)23(27)30/h2-9,20H,10-15H2,1H3,(H,31,32)/t20-/m0/s1. The fourth-order valence-corrected chi connectivity index (χ4v) is 4.24. The van der Waals surface area contributed by atoms with Crippen LogP contribution in [0.3, 0.4) is 0 Å². The Bertz CT molecular complexity index is 1020. The highest BCUT2D eigenvalue weighted by molar-refractivity contribution is 6.22. The molecular formula is C24H25N3O5. The number of benzene rings is 2. The topological polar surface area (TPSA) is 98.2 Å². The SMILES string of the molecule is Cc1ccc(N2CCN(C(=O)CC[C@@H](C(=O)O)N3C(=O)c4ccccc4C3=O)CC2)cc1. The number of piperazine rings is 1. The van der Waals surface area contributed by atoms with E-state index in [2.05, 4.69) is 29.2 Å². The van der Waals surface area contributed by atoms with E-state index in [0.717, 1.165) is 10.6 Å². The van der Waals surface area contributed by atoms with E-state index in [1.807, 2.05) is 6.92 Å². The van der Waals surface area contributed by atoms with E-state index in [-0.39, 0.29) is 29.9 Å². The van der Waals surface area contributed by atoms with E-state index in [9.17, 15) is 24.3 Å². The molecule has 2 aliphatic heterocycles. The fraction of sp³-hybridized carbons (Fsp3) is 0.333. The van der Waals surface area contributed by atoms with Crippen molar-refractivity contribution in [2.45, 2.75) is 25.8 Å². The average Bonchev–Trinajstić information content (AvgIpc) is 3.05. The number of imide groups is 1. The van der Waals surface area contributed by atoms with Crippen LogP contribution < -0.4 is 4.90 Å². The third kappa shape index (κ3) is 4.08. The third-order valence-electron chi connectivity index (χ3n) is 6.09. The molecule has 0 radical (unpaired) electrons. The van der Waals surface area contributed by atoms with Crippen LogP contribution in [-0.2, 0) is 9.59 Å². The molecule has 0 unspecified atom stereocenters. The number of fused-ring (bicyclic) bond motifs is 1. The van der Waals surface area contributed by atoms with Crippen molar-refractivity contribution in [1.29, 1.82) is 0 Å². The zero-order valence-electron chi connectivity index (χ0n) is 17.9. The predicted octanol–water partition coefficient (Wildman–Crippen LogP) is 2.17. The van der Waals surface area contributed by atoms with Crippen molar-refractivity contribution in [1.82, 2.24) is 9.80 Å². The molecular weight excluding hydrogens is 410 g/mol. The zero-order valence-corrected chi connectivity index (χ0v) is 17.9. The Labute approximate surface area is 186 Å². The Hall–Kier alpha value is -3.68. The fourth-order valence-electron chi connectivity index (χ4n) is 4.24. The van der Waals surface area contributed by atoms with Crippen molar-refractivity contribution in [3.8, 4) is 0 Å². The van der Waals surface area contributed by atoms with Crippen LogP contribution in [0.25, 0.3) is 0 Å². The first-order valence-corrected chi connectivity index (χ1v) is 10.7. The van der Waals surface area contributed by atoms with Crippen molar-refractivity contribution in [2.75, 3.05) is 31.1 Å². The van der Waals surface area contributed by atoms with Gasteiger partial charge in [-0.05, 0) is 37.6 Å². The monoisotopic (exact) mass is 435 g/mol. The van der Waals surface area contributed by atoms with Crippen molar-refractivity contribution in [3.05, 3.63) is 65.2 Å². The molecule has 1 N–H and O–H groups in total. The molecule has 2 heterocycles. The number of nitrogens with zero attached hydrogens (tertiary/aromatic N) is 3. The first-order valence-electron chi connectivity index (χ1n) is 10.7. The molecule has 2 aliphatic rings. The molecule has 1 atom stereocenters. The lowest BCUT2D eigenvalue weighted by Crippen LogP contribution is -2.49. The van der Waals surface area contributed by atoms with Gasteiger partial charge < -0.3 is 14.9 Å². The molecule has 2 aromatic carbocycles. The minimum atomic E-state index is -1.37. The van der Waals surface area contributed by atoms with Gasteiger partial charge in [0.05, 0.1) is 11.1 Å². The Balaban J connectivity index is 1.35. The van der Waals surface area contributed by atoms with E-state index >= 15 is 0 Å². The maximum atomic E-state index is 12.7. The molecule has 2 aromatic rings. The molecule has 0 spiro atoms. The van der Waals surface area contributed by atoms with Gasteiger partial charge in [0.15, 0.2) is 0 Å². The van der Waals surface area contributed by atoms with Crippen molar-refractivity contribution in [2.24, 2.45) is 0 Å². The smallest absolute Gasteiger partial charge is 0.326 e. The minimum Gasteiger partial charge on any atom is -0.480 e. The number of aryl methyl sites for hydroxylation is 1. The van der Waals surface area contributed by atoms with Crippen LogP contribution in [-0.4, -0.2) is 70.8 Å². The summed E-state index contributed by atoms with van der Waals surface area (Å²) in [4.78, 5) is 54.6. The molecule has 1 fully saturated rings. The zero-order chi connectivity index (χ0) is 22.8. The van der Waals surface area contributed by atoms with Crippen molar-refractivity contribution in [3.63, 3.8) is 0 Å². The summed E-state index contributed by atoms with van der Waals surface area (Å²) in [6.07, 6.45) is -0.160. The third-order valence-corrected chi connectivity index (χ3v) is 6.09. The van der Waals surface area contributed by atoms with E-state index in [1.54, 1.807) is 17.0 Å². The first kappa shape index (κ1) is 21.5. The number of carboxylic acid groups (broad SMARTS) is 1. The second-order valence-corrected chi connectivity index (χ2v) is 8.12. The van der Waals surface area contributed by atoms with Crippen LogP contribution in [0.2, 0.25) is 0 Å². The number of amides is 3. The minimum absolute atomic E-state index is 0.0467. The highest BCUT2D eigenvalue weighted by atomic mass is 16.4. The van der Waals surface area contributed by atoms with Gasteiger partial charge in [0.1, 0.15) is 6.04 Å². The summed E-state index contributed by atoms with van der Waals surface area (Å²) in [5.74, 6) is -2.72. The molecule has 8 heteroatoms. The summed E-state index contributed by atoms with van der Waals surface area (Å²) in [5.41, 5.74) is 2.69. The first-order chi connectivity index (χ1) is 15.4. The van der Waals surface area contributed by atoms with Crippen LogP contribution in [0, 0.1) is 6.92 Å². The molecule has 32 heavy (non-hydrogen) atoms. The number of hydrogen-bond donors (Lipinski definition) is 1. The van der Waals surface area contributed by atoms with Gasteiger partial charge >= 0.3 is 5.97 Å². The lowest BCUT2D eigenvalue weighted by atomic mass is 10.1. The molecule has 4 rings (SSSR count). The summed E-state index contributed by atoms with van der Waals surface area (Å²) in [5, 5.41) is 9.67. The van der Waals surface area contributed by atoms with Gasteiger partial charge in [-0.2, -0.15) is 0 Å². The van der Waals surface area contributed by atoms with Crippen LogP contribution in [0.5, 0.6) is 0 Å². The second kappa shape index (κ2) is 8.82. The molecule has 0 bridgehead atoms. The lowest BCUT2D eigenvalue weighted by Gasteiger charge is -2.36. The molecule has 1 saturated heterocycles. The number of carbonyl (C=O) groups excluding carboxylic acids is 3. The van der Waals surface area contributed by atoms with Gasteiger partial charge in [-0.1, -0.05) is 29.8 Å². The summed E-state index contributed by atoms with van der Waals surface area (Å²) >= 11 is 0. The normalized spacial score (nSPS) is 16.8. The maximum absolute atomic E-state index is 12.7. The van der Waals surface area contributed by atoms with Gasteiger partial charge in [-0.15, -0.1) is 0 Å². The Morgan fingerprint density at radius 2 is 1.47 bits per heavy atom. The van der Waals surface area contributed by atoms with Gasteiger partial charge in [0.2, 0.25) is 5.91 Å². The van der Waals surface area contributed by atoms with Crippen LogP contribution in [0.1, 0.15) is 39.1 Å². The van der Waals surface area contributed by atoms with E-state index < -0.39 is 23.8 Å². The molecule has 3 amide bonds. The molecule has 166 valence electrons. The highest BCUT2D eigenvalue weighted by Gasteiger charge is 2.42. The largest absolute Gasteiger partial charge is 0.480 e. The Morgan fingerprint density at radius 1 is 0.906 bits per heavy atom. The van der Waals surface area contributed by atoms with Gasteiger partial charge in [-0.25, -0.2) is 4.79 Å². The van der Waals surface area contributed by atoms with Crippen molar-refractivity contribution < 1.29 is 24.3 Å². The Kier molecular flexibility index (Phi) is 5.94. The van der Waals surface area contributed by atoms with E-state index in [1.165, 1.54) is 17.7 Å². The van der Waals surface area contributed by atoms with E-state index in [0.29, 0.717) is 26.2 Å². The second-order valence-electron chi connectivity index (χ2n) is 8.12. The van der Waals surface area contributed by atoms with Gasteiger partial charge in [0, 0.05) is 38.3 Å². The maximum Gasteiger partial charge on any atom is 0.326 e. The molecule has 0 aromatic heterocycles. The quantitative estimate of drug-likeness (QED) is 0.699.